The van der Waals surface area contributed by atoms with Crippen molar-refractivity contribution in [3.05, 3.63) is 53.6 Å². The third-order valence-electron chi connectivity index (χ3n) is 6.31. The van der Waals surface area contributed by atoms with Crippen molar-refractivity contribution in [2.24, 2.45) is 0 Å². The number of anilines is 1. The van der Waals surface area contributed by atoms with Crippen molar-refractivity contribution in [1.82, 2.24) is 4.90 Å². The number of benzene rings is 2. The second kappa shape index (κ2) is 6.27. The highest BCUT2D eigenvalue weighted by molar-refractivity contribution is 5.78. The second-order valence-corrected chi connectivity index (χ2v) is 7.69. The molecule has 4 nitrogen and oxygen atoms in total. The van der Waals surface area contributed by atoms with Crippen LogP contribution in [0.4, 0.5) is 5.69 Å². The number of likely N-dealkylation sites (tertiary alicyclic amines) is 1. The fourth-order valence-electron chi connectivity index (χ4n) is 4.79. The van der Waals surface area contributed by atoms with Crippen LogP contribution in [0.2, 0.25) is 0 Å². The lowest BCUT2D eigenvalue weighted by Crippen LogP contribution is -2.56. The van der Waals surface area contributed by atoms with Crippen molar-refractivity contribution in [2.75, 3.05) is 12.4 Å². The zero-order valence-electron chi connectivity index (χ0n) is 15.3. The topological polar surface area (TPSA) is 49.4 Å². The van der Waals surface area contributed by atoms with Gasteiger partial charge < -0.3 is 10.2 Å². The van der Waals surface area contributed by atoms with E-state index in [0.29, 0.717) is 18.9 Å². The van der Waals surface area contributed by atoms with E-state index in [4.69, 9.17) is 0 Å². The third kappa shape index (κ3) is 2.61. The first-order valence-corrected chi connectivity index (χ1v) is 9.22. The number of piperidine rings is 1. The summed E-state index contributed by atoms with van der Waals surface area (Å²) in [4.78, 5) is 24.6. The van der Waals surface area contributed by atoms with E-state index in [9.17, 15) is 9.59 Å². The van der Waals surface area contributed by atoms with E-state index in [2.05, 4.69) is 30.4 Å². The minimum Gasteiger partial charge on any atom is -0.342 e. The first kappa shape index (κ1) is 16.8. The number of carbonyl (C=O) groups excluding carboxylic acids is 2. The Morgan fingerprint density at radius 3 is 2.58 bits per heavy atom. The van der Waals surface area contributed by atoms with Gasteiger partial charge in [-0.1, -0.05) is 37.3 Å². The lowest BCUT2D eigenvalue weighted by atomic mass is 9.63. The SMILES string of the molecule is CN1C(=O)CC[C@]2(C)c3ccc(-c4ccc(NC=O)cc4)cc3CC[C@@H]12. The maximum absolute atomic E-state index is 12.1. The molecule has 1 aliphatic heterocycles. The molecule has 1 saturated heterocycles. The van der Waals surface area contributed by atoms with Crippen LogP contribution in [0.25, 0.3) is 11.1 Å². The van der Waals surface area contributed by atoms with Gasteiger partial charge in [0.2, 0.25) is 12.3 Å². The number of likely N-dealkylation sites (N-methyl/N-ethyl adjacent to an activating group) is 1. The molecule has 1 heterocycles. The summed E-state index contributed by atoms with van der Waals surface area (Å²) in [7, 11) is 1.96. The molecule has 1 aliphatic carbocycles. The van der Waals surface area contributed by atoms with Gasteiger partial charge >= 0.3 is 0 Å². The first-order chi connectivity index (χ1) is 12.5. The minimum absolute atomic E-state index is 0.0481. The molecule has 1 fully saturated rings. The van der Waals surface area contributed by atoms with Gasteiger partial charge in [-0.2, -0.15) is 0 Å². The molecule has 2 atom stereocenters. The average Bonchev–Trinajstić information content (AvgIpc) is 2.66. The quantitative estimate of drug-likeness (QED) is 0.859. The second-order valence-electron chi connectivity index (χ2n) is 7.69. The van der Waals surface area contributed by atoms with E-state index < -0.39 is 0 Å². The van der Waals surface area contributed by atoms with Gasteiger partial charge in [-0.05, 0) is 53.6 Å². The lowest BCUT2D eigenvalue weighted by Gasteiger charge is -2.50. The summed E-state index contributed by atoms with van der Waals surface area (Å²) >= 11 is 0. The number of nitrogens with zero attached hydrogens (tertiary/aromatic N) is 1. The normalized spacial score (nSPS) is 24.6. The molecule has 0 radical (unpaired) electrons. The summed E-state index contributed by atoms with van der Waals surface area (Å²) < 4.78 is 0. The Balaban J connectivity index is 1.68. The summed E-state index contributed by atoms with van der Waals surface area (Å²) in [6.07, 6.45) is 4.29. The predicted molar refractivity (Wildman–Crippen MR) is 103 cm³/mol. The zero-order chi connectivity index (χ0) is 18.3. The largest absolute Gasteiger partial charge is 0.342 e. The zero-order valence-corrected chi connectivity index (χ0v) is 15.3. The summed E-state index contributed by atoms with van der Waals surface area (Å²) in [6.45, 7) is 2.32. The number of fused-ring (bicyclic) bond motifs is 3. The number of nitrogens with one attached hydrogen (secondary N) is 1. The molecule has 4 rings (SSSR count). The molecule has 0 aromatic heterocycles. The van der Waals surface area contributed by atoms with Gasteiger partial charge in [-0.25, -0.2) is 0 Å². The third-order valence-corrected chi connectivity index (χ3v) is 6.31. The van der Waals surface area contributed by atoms with Gasteiger partial charge in [0, 0.05) is 30.6 Å². The van der Waals surface area contributed by atoms with Crippen LogP contribution in [0.5, 0.6) is 0 Å². The molecule has 26 heavy (non-hydrogen) atoms. The smallest absolute Gasteiger partial charge is 0.222 e. The molecule has 0 bridgehead atoms. The number of hydrogen-bond donors (Lipinski definition) is 1. The monoisotopic (exact) mass is 348 g/mol. The predicted octanol–water partition coefficient (Wildman–Crippen LogP) is 3.75. The highest BCUT2D eigenvalue weighted by Crippen LogP contribution is 2.46. The first-order valence-electron chi connectivity index (χ1n) is 9.22. The van der Waals surface area contributed by atoms with Crippen LogP contribution in [0, 0.1) is 0 Å². The molecular weight excluding hydrogens is 324 g/mol. The molecule has 0 spiro atoms. The van der Waals surface area contributed by atoms with Crippen LogP contribution in [0.15, 0.2) is 42.5 Å². The molecule has 4 heteroatoms. The fourth-order valence-corrected chi connectivity index (χ4v) is 4.79. The summed E-state index contributed by atoms with van der Waals surface area (Å²) in [6, 6.07) is 15.0. The van der Waals surface area contributed by atoms with Gasteiger partial charge in [-0.3, -0.25) is 9.59 Å². The van der Waals surface area contributed by atoms with E-state index in [-0.39, 0.29) is 11.3 Å². The summed E-state index contributed by atoms with van der Waals surface area (Å²) in [5, 5.41) is 2.67. The Kier molecular flexibility index (Phi) is 4.06. The molecule has 0 saturated carbocycles. The van der Waals surface area contributed by atoms with Gasteiger partial charge in [0.15, 0.2) is 0 Å². The van der Waals surface area contributed by atoms with Gasteiger partial charge in [-0.15, -0.1) is 0 Å². The molecular formula is C22H24N2O2. The molecule has 2 amide bonds. The van der Waals surface area contributed by atoms with Gasteiger partial charge in [0.05, 0.1) is 0 Å². The minimum atomic E-state index is 0.0481. The van der Waals surface area contributed by atoms with Crippen molar-refractivity contribution < 1.29 is 9.59 Å². The molecule has 134 valence electrons. The Labute approximate surface area is 154 Å². The van der Waals surface area contributed by atoms with E-state index in [1.807, 2.05) is 36.2 Å². The molecule has 0 unspecified atom stereocenters. The van der Waals surface area contributed by atoms with E-state index in [0.717, 1.165) is 30.5 Å². The molecule has 1 N–H and O–H groups in total. The van der Waals surface area contributed by atoms with Crippen LogP contribution in [0.3, 0.4) is 0 Å². The van der Waals surface area contributed by atoms with Crippen molar-refractivity contribution in [1.29, 1.82) is 0 Å². The number of aryl methyl sites for hydroxylation is 1. The Hall–Kier alpha value is -2.62. The van der Waals surface area contributed by atoms with Crippen LogP contribution < -0.4 is 5.32 Å². The van der Waals surface area contributed by atoms with Crippen LogP contribution in [-0.4, -0.2) is 30.3 Å². The Morgan fingerprint density at radius 1 is 1.12 bits per heavy atom. The van der Waals surface area contributed by atoms with Crippen molar-refractivity contribution >= 4 is 18.0 Å². The van der Waals surface area contributed by atoms with Crippen LogP contribution in [0.1, 0.15) is 37.3 Å². The number of carbonyl (C=O) groups is 2. The molecule has 2 aromatic carbocycles. The van der Waals surface area contributed by atoms with Gasteiger partial charge in [0.25, 0.3) is 0 Å². The fraction of sp³-hybridized carbons (Fsp3) is 0.364. The van der Waals surface area contributed by atoms with E-state index in [1.54, 1.807) is 0 Å². The molecule has 2 aliphatic rings. The van der Waals surface area contributed by atoms with Crippen molar-refractivity contribution in [3.63, 3.8) is 0 Å². The summed E-state index contributed by atoms with van der Waals surface area (Å²) in [5.41, 5.74) is 5.99. The highest BCUT2D eigenvalue weighted by Gasteiger charge is 2.46. The number of amides is 2. The van der Waals surface area contributed by atoms with Crippen molar-refractivity contribution in [2.45, 2.75) is 44.1 Å². The Bertz CT molecular complexity index is 859. The van der Waals surface area contributed by atoms with Crippen LogP contribution >= 0.6 is 0 Å². The highest BCUT2D eigenvalue weighted by atomic mass is 16.2. The molecule has 2 aromatic rings. The summed E-state index contributed by atoms with van der Waals surface area (Å²) in [5.74, 6) is 0.275. The van der Waals surface area contributed by atoms with E-state index >= 15 is 0 Å². The average molecular weight is 348 g/mol. The van der Waals surface area contributed by atoms with Crippen molar-refractivity contribution in [3.8, 4) is 11.1 Å². The maximum atomic E-state index is 12.1. The standard InChI is InChI=1S/C22H24N2O2/c1-22-12-11-21(26)24(2)20(22)10-6-17-13-16(5-9-19(17)22)15-3-7-18(8-4-15)23-14-25/h3-5,7-9,13-14,20H,6,10-12H2,1-2H3,(H,23,25)/t20-,22-/m1/s1. The lowest BCUT2D eigenvalue weighted by molar-refractivity contribution is -0.138. The Morgan fingerprint density at radius 2 is 1.85 bits per heavy atom. The number of hydrogen-bond acceptors (Lipinski definition) is 2. The van der Waals surface area contributed by atoms with E-state index in [1.165, 1.54) is 16.7 Å². The van der Waals surface area contributed by atoms with Gasteiger partial charge in [0.1, 0.15) is 0 Å². The maximum Gasteiger partial charge on any atom is 0.222 e. The van der Waals surface area contributed by atoms with Crippen LogP contribution in [-0.2, 0) is 21.4 Å². The number of rotatable bonds is 3.